The molecule has 1 amide bonds. The van der Waals surface area contributed by atoms with Gasteiger partial charge in [0.1, 0.15) is 0 Å². The van der Waals surface area contributed by atoms with Crippen LogP contribution >= 0.6 is 0 Å². The maximum atomic E-state index is 13.5. The summed E-state index contributed by atoms with van der Waals surface area (Å²) in [5.41, 5.74) is 0.618. The second-order valence-corrected chi connectivity index (χ2v) is 5.01. The normalized spacial score (nSPS) is 10.6. The van der Waals surface area contributed by atoms with Gasteiger partial charge in [0.2, 0.25) is 0 Å². The first kappa shape index (κ1) is 15.7. The van der Waals surface area contributed by atoms with E-state index in [4.69, 9.17) is 0 Å². The second-order valence-electron chi connectivity index (χ2n) is 5.01. The summed E-state index contributed by atoms with van der Waals surface area (Å²) in [6.45, 7) is 0. The van der Waals surface area contributed by atoms with Gasteiger partial charge in [0, 0.05) is 23.2 Å². The largest absolute Gasteiger partial charge is 0.465 e. The second kappa shape index (κ2) is 6.11. The van der Waals surface area contributed by atoms with E-state index in [2.05, 4.69) is 15.0 Å². The molecule has 0 radical (unpaired) electrons. The van der Waals surface area contributed by atoms with Gasteiger partial charge in [0.05, 0.1) is 23.9 Å². The van der Waals surface area contributed by atoms with Crippen molar-refractivity contribution in [2.75, 3.05) is 12.4 Å². The number of para-hydroxylation sites is 1. The van der Waals surface area contributed by atoms with Crippen molar-refractivity contribution in [1.29, 1.82) is 0 Å². The van der Waals surface area contributed by atoms with Crippen LogP contribution in [0.3, 0.4) is 0 Å². The third-order valence-electron chi connectivity index (χ3n) is 3.55. The highest BCUT2D eigenvalue weighted by Gasteiger charge is 2.20. The Balaban J connectivity index is 2.00. The Morgan fingerprint density at radius 1 is 1.08 bits per heavy atom. The number of esters is 1. The Kier molecular flexibility index (Phi) is 3.99. The summed E-state index contributed by atoms with van der Waals surface area (Å²) >= 11 is 0. The molecule has 1 heterocycles. The van der Waals surface area contributed by atoms with E-state index in [1.54, 1.807) is 18.2 Å². The van der Waals surface area contributed by atoms with E-state index in [0.717, 1.165) is 18.7 Å². The third kappa shape index (κ3) is 2.71. The number of H-pyrrole nitrogens is 1. The molecule has 2 aromatic carbocycles. The van der Waals surface area contributed by atoms with Crippen molar-refractivity contribution in [3.8, 4) is 0 Å². The highest BCUT2D eigenvalue weighted by atomic mass is 19.2. The molecular formula is C17H12F2N2O3. The first-order valence-corrected chi connectivity index (χ1v) is 6.96. The van der Waals surface area contributed by atoms with Crippen LogP contribution in [-0.4, -0.2) is 24.0 Å². The van der Waals surface area contributed by atoms with Crippen LogP contribution in [0.25, 0.3) is 10.9 Å². The fraction of sp³-hybridized carbons (Fsp3) is 0.0588. The molecule has 3 aromatic rings. The van der Waals surface area contributed by atoms with Crippen molar-refractivity contribution < 1.29 is 23.1 Å². The van der Waals surface area contributed by atoms with Gasteiger partial charge < -0.3 is 15.0 Å². The van der Waals surface area contributed by atoms with Gasteiger partial charge in [0.15, 0.2) is 11.6 Å². The van der Waals surface area contributed by atoms with E-state index >= 15 is 0 Å². The zero-order valence-electron chi connectivity index (χ0n) is 12.5. The molecule has 0 spiro atoms. The van der Waals surface area contributed by atoms with Gasteiger partial charge in [-0.25, -0.2) is 13.6 Å². The molecule has 24 heavy (non-hydrogen) atoms. The number of hydrogen-bond donors (Lipinski definition) is 2. The average Bonchev–Trinajstić information content (AvgIpc) is 3.01. The molecule has 122 valence electrons. The fourth-order valence-electron chi connectivity index (χ4n) is 2.38. The topological polar surface area (TPSA) is 71.2 Å². The molecule has 0 fully saturated rings. The molecule has 0 bridgehead atoms. The number of halogens is 2. The molecular weight excluding hydrogens is 318 g/mol. The third-order valence-corrected chi connectivity index (χ3v) is 3.55. The Bertz CT molecular complexity index is 950. The van der Waals surface area contributed by atoms with Crippen LogP contribution in [0.1, 0.15) is 20.7 Å². The first-order chi connectivity index (χ1) is 11.5. The lowest BCUT2D eigenvalue weighted by molar-refractivity contribution is 0.0601. The molecule has 5 nitrogen and oxygen atoms in total. The van der Waals surface area contributed by atoms with Crippen LogP contribution in [0.2, 0.25) is 0 Å². The summed E-state index contributed by atoms with van der Waals surface area (Å²) in [6.07, 6.45) is 1.50. The zero-order chi connectivity index (χ0) is 17.3. The number of aromatic amines is 1. The smallest absolute Gasteiger partial charge is 0.340 e. The van der Waals surface area contributed by atoms with Crippen LogP contribution in [-0.2, 0) is 4.74 Å². The molecule has 7 heteroatoms. The fourth-order valence-corrected chi connectivity index (χ4v) is 2.38. The number of carbonyl (C=O) groups is 2. The van der Waals surface area contributed by atoms with Crippen molar-refractivity contribution in [3.63, 3.8) is 0 Å². The molecule has 0 atom stereocenters. The van der Waals surface area contributed by atoms with E-state index in [1.165, 1.54) is 6.20 Å². The Hall–Kier alpha value is -3.22. The van der Waals surface area contributed by atoms with E-state index < -0.39 is 23.5 Å². The van der Waals surface area contributed by atoms with Gasteiger partial charge in [0.25, 0.3) is 5.91 Å². The van der Waals surface area contributed by atoms with Crippen molar-refractivity contribution in [2.24, 2.45) is 0 Å². The van der Waals surface area contributed by atoms with Crippen LogP contribution in [0.5, 0.6) is 0 Å². The van der Waals surface area contributed by atoms with E-state index in [1.807, 2.05) is 6.07 Å². The maximum absolute atomic E-state index is 13.5. The lowest BCUT2D eigenvalue weighted by Crippen LogP contribution is -2.16. The highest BCUT2D eigenvalue weighted by molar-refractivity contribution is 6.14. The first-order valence-electron chi connectivity index (χ1n) is 6.96. The number of ether oxygens (including phenoxy) is 1. The number of benzene rings is 2. The predicted molar refractivity (Wildman–Crippen MR) is 83.9 cm³/mol. The van der Waals surface area contributed by atoms with Gasteiger partial charge in [-0.15, -0.1) is 0 Å². The standard InChI is InChI=1S/C17H12F2N2O3/c1-24-17(23)10-6-12(18)13(19)7-15(10)21-16(22)11-8-20-14-5-3-2-4-9(11)14/h2-8,20H,1H3,(H,21,22). The number of anilines is 1. The summed E-state index contributed by atoms with van der Waals surface area (Å²) in [5.74, 6) is -3.84. The minimum atomic E-state index is -1.21. The Morgan fingerprint density at radius 3 is 2.54 bits per heavy atom. The number of amides is 1. The van der Waals surface area contributed by atoms with Crippen molar-refractivity contribution in [2.45, 2.75) is 0 Å². The number of hydrogen-bond acceptors (Lipinski definition) is 3. The molecule has 0 aliphatic rings. The zero-order valence-corrected chi connectivity index (χ0v) is 12.5. The highest BCUT2D eigenvalue weighted by Crippen LogP contribution is 2.24. The van der Waals surface area contributed by atoms with E-state index in [9.17, 15) is 18.4 Å². The number of rotatable bonds is 3. The molecule has 0 saturated carbocycles. The van der Waals surface area contributed by atoms with Gasteiger partial charge in [-0.2, -0.15) is 0 Å². The lowest BCUT2D eigenvalue weighted by atomic mass is 10.1. The summed E-state index contributed by atoms with van der Waals surface area (Å²) < 4.78 is 31.4. The summed E-state index contributed by atoms with van der Waals surface area (Å²) in [6, 6.07) is 8.55. The quantitative estimate of drug-likeness (QED) is 0.722. The van der Waals surface area contributed by atoms with Crippen LogP contribution in [0.15, 0.2) is 42.6 Å². The number of methoxy groups -OCH3 is 1. The number of nitrogens with one attached hydrogen (secondary N) is 2. The SMILES string of the molecule is COC(=O)c1cc(F)c(F)cc1NC(=O)c1c[nH]c2ccccc12. The summed E-state index contributed by atoms with van der Waals surface area (Å²) in [7, 11) is 1.11. The van der Waals surface area contributed by atoms with Gasteiger partial charge >= 0.3 is 5.97 Å². The van der Waals surface area contributed by atoms with Crippen LogP contribution < -0.4 is 5.32 Å². The average molecular weight is 330 g/mol. The number of aromatic nitrogens is 1. The molecule has 2 N–H and O–H groups in total. The maximum Gasteiger partial charge on any atom is 0.340 e. The molecule has 0 saturated heterocycles. The minimum absolute atomic E-state index is 0.170. The van der Waals surface area contributed by atoms with E-state index in [-0.39, 0.29) is 11.3 Å². The van der Waals surface area contributed by atoms with Gasteiger partial charge in [-0.3, -0.25) is 4.79 Å². The van der Waals surface area contributed by atoms with Gasteiger partial charge in [-0.1, -0.05) is 18.2 Å². The van der Waals surface area contributed by atoms with Crippen molar-refractivity contribution in [3.05, 3.63) is 65.4 Å². The number of carbonyl (C=O) groups excluding carboxylic acids is 2. The number of fused-ring (bicyclic) bond motifs is 1. The Morgan fingerprint density at radius 2 is 1.79 bits per heavy atom. The minimum Gasteiger partial charge on any atom is -0.465 e. The van der Waals surface area contributed by atoms with Crippen LogP contribution in [0.4, 0.5) is 14.5 Å². The molecule has 0 unspecified atom stereocenters. The molecule has 0 aliphatic carbocycles. The Labute approximate surface area is 135 Å². The summed E-state index contributed by atoms with van der Waals surface area (Å²) in [5, 5.41) is 3.09. The van der Waals surface area contributed by atoms with Crippen molar-refractivity contribution >= 4 is 28.5 Å². The van der Waals surface area contributed by atoms with Crippen LogP contribution in [0, 0.1) is 11.6 Å². The van der Waals surface area contributed by atoms with E-state index in [0.29, 0.717) is 17.0 Å². The summed E-state index contributed by atoms with van der Waals surface area (Å²) in [4.78, 5) is 27.1. The monoisotopic (exact) mass is 330 g/mol. The molecule has 0 aliphatic heterocycles. The van der Waals surface area contributed by atoms with Gasteiger partial charge in [-0.05, 0) is 12.1 Å². The lowest BCUT2D eigenvalue weighted by Gasteiger charge is -2.10. The molecule has 1 aromatic heterocycles. The van der Waals surface area contributed by atoms with Crippen molar-refractivity contribution in [1.82, 2.24) is 4.98 Å². The molecule has 3 rings (SSSR count). The predicted octanol–water partition coefficient (Wildman–Crippen LogP) is 3.49.